The summed E-state index contributed by atoms with van der Waals surface area (Å²) in [6.07, 6.45) is 4.89. The molecule has 0 saturated heterocycles. The van der Waals surface area contributed by atoms with E-state index in [9.17, 15) is 9.59 Å². The first kappa shape index (κ1) is 25.8. The number of rotatable bonds is 8. The maximum absolute atomic E-state index is 15.3. The fourth-order valence-corrected chi connectivity index (χ4v) is 5.49. The number of nitrogens with one attached hydrogen (secondary N) is 1. The Kier molecular flexibility index (Phi) is 7.31. The highest BCUT2D eigenvalue weighted by Gasteiger charge is 2.35. The molecule has 40 heavy (non-hydrogen) atoms. The number of fused-ring (bicyclic) bond motifs is 2. The van der Waals surface area contributed by atoms with Crippen molar-refractivity contribution in [2.24, 2.45) is 0 Å². The van der Waals surface area contributed by atoms with E-state index in [1.54, 1.807) is 30.3 Å². The minimum atomic E-state index is -1.20. The molecule has 1 fully saturated rings. The largest absolute Gasteiger partial charge is 0.454 e. The molecule has 1 aliphatic heterocycles. The third-order valence-corrected chi connectivity index (χ3v) is 7.53. The summed E-state index contributed by atoms with van der Waals surface area (Å²) >= 11 is 0. The number of carbonyl (C=O) groups is 2. The molecule has 0 spiro atoms. The maximum Gasteiger partial charge on any atom is 0.247 e. The second kappa shape index (κ2) is 11.3. The molecule has 2 amide bonds. The first-order chi connectivity index (χ1) is 19.6. The van der Waals surface area contributed by atoms with Gasteiger partial charge in [0.15, 0.2) is 11.5 Å². The van der Waals surface area contributed by atoms with E-state index in [0.29, 0.717) is 28.1 Å². The second-order valence-electron chi connectivity index (χ2n) is 10.2. The summed E-state index contributed by atoms with van der Waals surface area (Å²) in [7, 11) is 0. The van der Waals surface area contributed by atoms with Crippen LogP contribution in [0.15, 0.2) is 66.7 Å². The van der Waals surface area contributed by atoms with Crippen LogP contribution in [0.2, 0.25) is 0 Å². The molecule has 2 aliphatic rings. The smallest absolute Gasteiger partial charge is 0.247 e. The van der Waals surface area contributed by atoms with Crippen molar-refractivity contribution in [1.82, 2.24) is 25.2 Å². The summed E-state index contributed by atoms with van der Waals surface area (Å²) in [6, 6.07) is 17.6. The highest BCUT2D eigenvalue weighted by atomic mass is 19.1. The van der Waals surface area contributed by atoms with E-state index in [-0.39, 0.29) is 31.5 Å². The number of hydrogen-bond donors (Lipinski definition) is 1. The Hall–Kier alpha value is -4.47. The van der Waals surface area contributed by atoms with Crippen molar-refractivity contribution in [3.8, 4) is 11.5 Å². The van der Waals surface area contributed by atoms with Crippen LogP contribution < -0.4 is 14.8 Å². The number of ether oxygens (including phenoxy) is 2. The van der Waals surface area contributed by atoms with Gasteiger partial charge in [-0.15, -0.1) is 5.10 Å². The van der Waals surface area contributed by atoms with Gasteiger partial charge in [0.1, 0.15) is 23.9 Å². The van der Waals surface area contributed by atoms with Gasteiger partial charge < -0.3 is 19.7 Å². The average Bonchev–Trinajstić information content (AvgIpc) is 3.61. The predicted octanol–water partition coefficient (Wildman–Crippen LogP) is 4.52. The Balaban J connectivity index is 1.38. The lowest BCUT2D eigenvalue weighted by atomic mass is 9.94. The zero-order valence-corrected chi connectivity index (χ0v) is 22.0. The van der Waals surface area contributed by atoms with E-state index >= 15 is 4.39 Å². The lowest BCUT2D eigenvalue weighted by molar-refractivity contribution is -0.142. The van der Waals surface area contributed by atoms with Gasteiger partial charge in [-0.3, -0.25) is 9.59 Å². The highest BCUT2D eigenvalue weighted by Crippen LogP contribution is 2.34. The number of hydrogen-bond acceptors (Lipinski definition) is 6. The molecule has 6 rings (SSSR count). The molecule has 9 nitrogen and oxygen atoms in total. The Morgan fingerprint density at radius 3 is 2.62 bits per heavy atom. The van der Waals surface area contributed by atoms with Crippen LogP contribution in [0, 0.1) is 5.82 Å². The molecule has 2 heterocycles. The first-order valence-electron chi connectivity index (χ1n) is 13.6. The van der Waals surface area contributed by atoms with E-state index in [1.165, 1.54) is 15.6 Å². The van der Waals surface area contributed by atoms with Crippen LogP contribution >= 0.6 is 0 Å². The summed E-state index contributed by atoms with van der Waals surface area (Å²) in [5.41, 5.74) is 2.19. The van der Waals surface area contributed by atoms with Crippen LogP contribution in [0.5, 0.6) is 11.5 Å². The summed E-state index contributed by atoms with van der Waals surface area (Å²) in [5.74, 6) is -0.200. The molecule has 206 valence electrons. The van der Waals surface area contributed by atoms with Gasteiger partial charge in [0, 0.05) is 18.2 Å². The van der Waals surface area contributed by atoms with Crippen molar-refractivity contribution >= 4 is 22.8 Å². The number of halogens is 1. The van der Waals surface area contributed by atoms with Crippen LogP contribution in [0.1, 0.15) is 49.3 Å². The van der Waals surface area contributed by atoms with E-state index in [0.717, 1.165) is 32.1 Å². The fraction of sp³-hybridized carbons (Fsp3) is 0.333. The molecule has 0 unspecified atom stereocenters. The van der Waals surface area contributed by atoms with Crippen LogP contribution in [0.4, 0.5) is 4.39 Å². The third-order valence-electron chi connectivity index (χ3n) is 7.53. The molecule has 0 bridgehead atoms. The van der Waals surface area contributed by atoms with Crippen molar-refractivity contribution in [2.45, 2.75) is 57.3 Å². The number of benzene rings is 3. The quantitative estimate of drug-likeness (QED) is 0.351. The summed E-state index contributed by atoms with van der Waals surface area (Å²) in [5, 5.41) is 11.4. The van der Waals surface area contributed by atoms with Gasteiger partial charge in [0.25, 0.3) is 0 Å². The van der Waals surface area contributed by atoms with E-state index < -0.39 is 23.7 Å². The van der Waals surface area contributed by atoms with Gasteiger partial charge in [-0.2, -0.15) is 0 Å². The fourth-order valence-electron chi connectivity index (χ4n) is 5.49. The minimum Gasteiger partial charge on any atom is -0.454 e. The van der Waals surface area contributed by atoms with Crippen LogP contribution in [-0.2, 0) is 22.7 Å². The zero-order chi connectivity index (χ0) is 27.5. The molecule has 4 aromatic rings. The minimum absolute atomic E-state index is 0.0164. The normalized spacial score (nSPS) is 15.6. The maximum atomic E-state index is 15.3. The third kappa shape index (κ3) is 5.34. The van der Waals surface area contributed by atoms with Gasteiger partial charge in [-0.1, -0.05) is 60.9 Å². The van der Waals surface area contributed by atoms with Gasteiger partial charge in [-0.25, -0.2) is 9.07 Å². The number of carbonyl (C=O) groups excluding carboxylic acids is 2. The standard InChI is InChI=1S/C30H30FN5O4/c31-23-11-5-4-10-22(23)29(30(38)32-21-8-2-1-3-9-21)35(17-20-14-15-26-27(16-20)40-19-39-26)28(37)18-36-25-13-7-6-12-24(25)33-34-36/h4-7,10-16,21,29H,1-3,8-9,17-19H2,(H,32,38)/t29-/m1/s1. The monoisotopic (exact) mass is 543 g/mol. The topological polar surface area (TPSA) is 98.6 Å². The van der Waals surface area contributed by atoms with Crippen molar-refractivity contribution in [3.63, 3.8) is 0 Å². The molecule has 10 heteroatoms. The molecule has 0 radical (unpaired) electrons. The van der Waals surface area contributed by atoms with E-state index in [1.807, 2.05) is 30.3 Å². The summed E-state index contributed by atoms with van der Waals surface area (Å²) < 4.78 is 27.8. The van der Waals surface area contributed by atoms with Crippen LogP contribution in [0.3, 0.4) is 0 Å². The van der Waals surface area contributed by atoms with Crippen molar-refractivity contribution in [3.05, 3.63) is 83.7 Å². The van der Waals surface area contributed by atoms with Gasteiger partial charge in [-0.05, 0) is 48.7 Å². The summed E-state index contributed by atoms with van der Waals surface area (Å²) in [6.45, 7) is -0.0195. The molecular weight excluding hydrogens is 513 g/mol. The molecule has 1 aromatic heterocycles. The lowest BCUT2D eigenvalue weighted by Gasteiger charge is -2.33. The van der Waals surface area contributed by atoms with E-state index in [4.69, 9.17) is 9.47 Å². The highest BCUT2D eigenvalue weighted by molar-refractivity contribution is 5.89. The van der Waals surface area contributed by atoms with Gasteiger partial charge in [0.05, 0.1) is 5.52 Å². The molecule has 1 saturated carbocycles. The Labute approximate surface area is 230 Å². The Morgan fingerprint density at radius 1 is 1.00 bits per heavy atom. The van der Waals surface area contributed by atoms with Crippen LogP contribution in [-0.4, -0.2) is 44.5 Å². The SMILES string of the molecule is O=C(NC1CCCCC1)[C@@H](c1ccccc1F)N(Cc1ccc2c(c1)OCO2)C(=O)Cn1nnc2ccccc21. The van der Waals surface area contributed by atoms with Crippen molar-refractivity contribution in [2.75, 3.05) is 6.79 Å². The second-order valence-corrected chi connectivity index (χ2v) is 10.2. The lowest BCUT2D eigenvalue weighted by Crippen LogP contribution is -2.47. The first-order valence-corrected chi connectivity index (χ1v) is 13.6. The molecule has 1 atom stereocenters. The van der Waals surface area contributed by atoms with Gasteiger partial charge >= 0.3 is 0 Å². The molecule has 3 aromatic carbocycles. The molecular formula is C30H30FN5O4. The number of aromatic nitrogens is 3. The Bertz CT molecular complexity index is 1530. The van der Waals surface area contributed by atoms with Gasteiger partial charge in [0.2, 0.25) is 18.6 Å². The predicted molar refractivity (Wildman–Crippen MR) is 145 cm³/mol. The number of para-hydroxylation sites is 1. The Morgan fingerprint density at radius 2 is 1.77 bits per heavy atom. The van der Waals surface area contributed by atoms with E-state index in [2.05, 4.69) is 15.6 Å². The zero-order valence-electron chi connectivity index (χ0n) is 22.0. The average molecular weight is 544 g/mol. The van der Waals surface area contributed by atoms with Crippen molar-refractivity contribution < 1.29 is 23.5 Å². The summed E-state index contributed by atoms with van der Waals surface area (Å²) in [4.78, 5) is 29.5. The number of nitrogens with zero attached hydrogens (tertiary/aromatic N) is 4. The van der Waals surface area contributed by atoms with Crippen LogP contribution in [0.25, 0.3) is 11.0 Å². The number of amides is 2. The molecule has 1 N–H and O–H groups in total. The van der Waals surface area contributed by atoms with Crippen molar-refractivity contribution in [1.29, 1.82) is 0 Å². The molecule has 1 aliphatic carbocycles.